The van der Waals surface area contributed by atoms with E-state index in [1.54, 1.807) is 6.07 Å². The maximum Gasteiger partial charge on any atom is 0.623 e. The third kappa shape index (κ3) is 1.98. The van der Waals surface area contributed by atoms with Crippen molar-refractivity contribution in [3.8, 4) is 0 Å². The quantitative estimate of drug-likeness (QED) is 0.733. The first-order valence-electron chi connectivity index (χ1n) is 2.56. The number of carbonyl (C=O) groups is 1. The number of thiophene rings is 1. The molecule has 0 aliphatic carbocycles. The van der Waals surface area contributed by atoms with Crippen LogP contribution in [0.2, 0.25) is 0 Å². The van der Waals surface area contributed by atoms with Crippen LogP contribution in [0.1, 0.15) is 9.67 Å². The summed E-state index contributed by atoms with van der Waals surface area (Å²) in [5.74, 6) is -0.424. The van der Waals surface area contributed by atoms with Crippen LogP contribution in [0.3, 0.4) is 0 Å². The van der Waals surface area contributed by atoms with Crippen LogP contribution in [0.15, 0.2) is 14.3 Å². The van der Waals surface area contributed by atoms with Gasteiger partial charge in [0, 0.05) is 0 Å². The first-order chi connectivity index (χ1) is 5.15. The van der Waals surface area contributed by atoms with Crippen molar-refractivity contribution in [1.82, 2.24) is 0 Å². The predicted molar refractivity (Wildman–Crippen MR) is 51.2 cm³/mol. The van der Waals surface area contributed by atoms with Crippen molar-refractivity contribution in [3.05, 3.63) is 19.2 Å². The lowest BCUT2D eigenvalue weighted by molar-refractivity contribution is -0.333. The van der Waals surface area contributed by atoms with Gasteiger partial charge in [-0.15, -0.1) is 11.3 Å². The molecule has 1 rings (SSSR count). The molecule has 1 heterocycles. The molecule has 0 radical (unpaired) electrons. The summed E-state index contributed by atoms with van der Waals surface area (Å²) in [5, 5.41) is 0. The first-order valence-corrected chi connectivity index (χ1v) is 4.96. The fourth-order valence-electron chi connectivity index (χ4n) is 0.546. The molecule has 58 valence electrons. The second kappa shape index (κ2) is 3.60. The Morgan fingerprint density at radius 3 is 2.64 bits per heavy atom. The van der Waals surface area contributed by atoms with Gasteiger partial charge in [-0.05, 0) is 37.9 Å². The molecular formula is C6H3Br2O2S+. The molecule has 2 nitrogen and oxygen atoms in total. The third-order valence-electron chi connectivity index (χ3n) is 0.973. The fourth-order valence-corrected chi connectivity index (χ4v) is 3.02. The molecule has 0 fully saturated rings. The zero-order valence-electron chi connectivity index (χ0n) is 5.27. The van der Waals surface area contributed by atoms with Crippen LogP contribution in [-0.4, -0.2) is 12.8 Å². The van der Waals surface area contributed by atoms with Gasteiger partial charge >= 0.3 is 5.97 Å². The van der Waals surface area contributed by atoms with Gasteiger partial charge in [0.1, 0.15) is 0 Å². The molecular weight excluding hydrogens is 296 g/mol. The van der Waals surface area contributed by atoms with Crippen molar-refractivity contribution in [2.24, 2.45) is 0 Å². The minimum absolute atomic E-state index is 0.424. The zero-order chi connectivity index (χ0) is 8.43. The molecule has 0 amide bonds. The Balaban J connectivity index is 3.12. The van der Waals surface area contributed by atoms with Crippen LogP contribution in [0.4, 0.5) is 0 Å². The Morgan fingerprint density at radius 1 is 1.64 bits per heavy atom. The minimum atomic E-state index is -0.424. The normalized spacial score (nSPS) is 9.64. The Kier molecular flexibility index (Phi) is 2.98. The van der Waals surface area contributed by atoms with E-state index in [0.717, 1.165) is 8.26 Å². The molecule has 0 N–H and O–H groups in total. The SMILES string of the molecule is C=[O+]C(=O)c1sc(Br)cc1Br. The molecule has 0 atom stereocenters. The van der Waals surface area contributed by atoms with Gasteiger partial charge in [0.15, 0.2) is 11.7 Å². The average Bonchev–Trinajstić information content (AvgIpc) is 2.28. The molecule has 0 aromatic carbocycles. The molecule has 0 saturated heterocycles. The highest BCUT2D eigenvalue weighted by Crippen LogP contribution is 2.31. The summed E-state index contributed by atoms with van der Waals surface area (Å²) in [7, 11) is 0. The van der Waals surface area contributed by atoms with Crippen molar-refractivity contribution in [2.45, 2.75) is 0 Å². The Hall–Kier alpha value is -0.000000000000000111. The topological polar surface area (TPSA) is 28.4 Å². The maximum atomic E-state index is 10.9. The van der Waals surface area contributed by atoms with Gasteiger partial charge < -0.3 is 0 Å². The van der Waals surface area contributed by atoms with E-state index < -0.39 is 5.97 Å². The third-order valence-corrected chi connectivity index (χ3v) is 3.48. The molecule has 0 aliphatic heterocycles. The second-order valence-electron chi connectivity index (χ2n) is 1.66. The molecule has 0 spiro atoms. The molecule has 1 aromatic rings. The monoisotopic (exact) mass is 297 g/mol. The molecule has 1 aromatic heterocycles. The summed E-state index contributed by atoms with van der Waals surface area (Å²) in [4.78, 5) is 11.4. The molecule has 11 heavy (non-hydrogen) atoms. The van der Waals surface area contributed by atoms with E-state index in [-0.39, 0.29) is 0 Å². The Morgan fingerprint density at radius 2 is 2.27 bits per heavy atom. The van der Waals surface area contributed by atoms with Crippen LogP contribution in [0.25, 0.3) is 0 Å². The first kappa shape index (κ1) is 9.09. The Labute approximate surface area is 84.2 Å². The van der Waals surface area contributed by atoms with Crippen molar-refractivity contribution in [1.29, 1.82) is 0 Å². The van der Waals surface area contributed by atoms with E-state index in [9.17, 15) is 4.79 Å². The van der Waals surface area contributed by atoms with Gasteiger partial charge in [-0.3, -0.25) is 4.42 Å². The summed E-state index contributed by atoms with van der Waals surface area (Å²) in [5.41, 5.74) is 0. The number of hydrogen-bond donors (Lipinski definition) is 0. The van der Waals surface area contributed by atoms with E-state index in [4.69, 9.17) is 0 Å². The van der Waals surface area contributed by atoms with E-state index in [2.05, 4.69) is 43.1 Å². The van der Waals surface area contributed by atoms with Crippen LogP contribution in [-0.2, 0) is 4.42 Å². The van der Waals surface area contributed by atoms with Gasteiger partial charge in [-0.2, -0.15) is 0 Å². The lowest BCUT2D eigenvalue weighted by atomic mass is 10.5. The number of halogens is 2. The molecule has 0 saturated carbocycles. The largest absolute Gasteiger partial charge is 0.623 e. The molecule has 5 heteroatoms. The standard InChI is InChI=1S/C6H3Br2O2S/c1-10-6(9)5-3(7)2-4(8)11-5/h2H,1H2/q+1. The van der Waals surface area contributed by atoms with Gasteiger partial charge in [0.2, 0.25) is 0 Å². The van der Waals surface area contributed by atoms with E-state index in [0.29, 0.717) is 4.88 Å². The summed E-state index contributed by atoms with van der Waals surface area (Å²) in [6, 6.07) is 1.79. The van der Waals surface area contributed by atoms with Crippen molar-refractivity contribution < 1.29 is 9.22 Å². The van der Waals surface area contributed by atoms with E-state index in [1.807, 2.05) is 0 Å². The number of carbonyl (C=O) groups excluding carboxylic acids is 2. The van der Waals surface area contributed by atoms with Crippen LogP contribution in [0.5, 0.6) is 0 Å². The predicted octanol–water partition coefficient (Wildman–Crippen LogP) is 2.78. The van der Waals surface area contributed by atoms with Crippen LogP contribution < -0.4 is 0 Å². The Bertz CT molecular complexity index is 306. The maximum absolute atomic E-state index is 10.9. The van der Waals surface area contributed by atoms with Gasteiger partial charge in [-0.1, -0.05) is 0 Å². The van der Waals surface area contributed by atoms with Gasteiger partial charge in [0.25, 0.3) is 0 Å². The number of rotatable bonds is 1. The summed E-state index contributed by atoms with van der Waals surface area (Å²) in [6.45, 7) is 3.03. The zero-order valence-corrected chi connectivity index (χ0v) is 9.25. The van der Waals surface area contributed by atoms with E-state index in [1.165, 1.54) is 11.3 Å². The second-order valence-corrected chi connectivity index (χ2v) is 4.95. The van der Waals surface area contributed by atoms with Crippen LogP contribution >= 0.6 is 43.2 Å². The molecule has 0 unspecified atom stereocenters. The van der Waals surface area contributed by atoms with Gasteiger partial charge in [0.05, 0.1) is 13.1 Å². The highest BCUT2D eigenvalue weighted by molar-refractivity contribution is 9.11. The van der Waals surface area contributed by atoms with Crippen molar-refractivity contribution in [2.75, 3.05) is 0 Å². The van der Waals surface area contributed by atoms with E-state index >= 15 is 0 Å². The van der Waals surface area contributed by atoms with Gasteiger partial charge in [-0.25, -0.2) is 0 Å². The van der Waals surface area contributed by atoms with Crippen LogP contribution in [0, 0.1) is 0 Å². The summed E-state index contributed by atoms with van der Waals surface area (Å²) < 4.78 is 5.91. The summed E-state index contributed by atoms with van der Waals surface area (Å²) in [6.07, 6.45) is 0. The highest BCUT2D eigenvalue weighted by atomic mass is 79.9. The molecule has 0 aliphatic rings. The molecule has 0 bridgehead atoms. The lowest BCUT2D eigenvalue weighted by Gasteiger charge is -1.76. The smallest absolute Gasteiger partial charge is 0.284 e. The summed E-state index contributed by atoms with van der Waals surface area (Å²) >= 11 is 7.75. The average molecular weight is 299 g/mol. The highest BCUT2D eigenvalue weighted by Gasteiger charge is 2.23. The lowest BCUT2D eigenvalue weighted by Crippen LogP contribution is -1.94. The minimum Gasteiger partial charge on any atom is -0.284 e. The van der Waals surface area contributed by atoms with Crippen molar-refractivity contribution in [3.63, 3.8) is 0 Å². The fraction of sp³-hybridized carbons (Fsp3) is 0. The number of hydrogen-bond acceptors (Lipinski definition) is 2. The van der Waals surface area contributed by atoms with Crippen molar-refractivity contribution >= 4 is 56.0 Å².